The summed E-state index contributed by atoms with van der Waals surface area (Å²) in [4.78, 5) is 0. The topological polar surface area (TPSA) is 21.3 Å². The van der Waals surface area contributed by atoms with E-state index in [1.165, 1.54) is 5.56 Å². The van der Waals surface area contributed by atoms with Gasteiger partial charge in [-0.3, -0.25) is 0 Å². The van der Waals surface area contributed by atoms with Crippen LogP contribution >= 0.6 is 0 Å². The molecule has 1 unspecified atom stereocenters. The van der Waals surface area contributed by atoms with Crippen molar-refractivity contribution in [2.75, 3.05) is 20.3 Å². The number of benzene rings is 1. The SMILES string of the molecule is COCCNC(C)CC(C)(C)c1ccccc1. The van der Waals surface area contributed by atoms with Crippen molar-refractivity contribution in [2.24, 2.45) is 0 Å². The van der Waals surface area contributed by atoms with Crippen LogP contribution in [0.4, 0.5) is 0 Å². The van der Waals surface area contributed by atoms with Gasteiger partial charge in [0.25, 0.3) is 0 Å². The highest BCUT2D eigenvalue weighted by Gasteiger charge is 2.22. The predicted octanol–water partition coefficient (Wildman–Crippen LogP) is 2.98. The highest BCUT2D eigenvalue weighted by molar-refractivity contribution is 5.23. The molecule has 96 valence electrons. The quantitative estimate of drug-likeness (QED) is 0.734. The van der Waals surface area contributed by atoms with Crippen molar-refractivity contribution < 1.29 is 4.74 Å². The van der Waals surface area contributed by atoms with Crippen LogP contribution in [0.2, 0.25) is 0 Å². The molecule has 0 amide bonds. The van der Waals surface area contributed by atoms with Gasteiger partial charge >= 0.3 is 0 Å². The van der Waals surface area contributed by atoms with E-state index in [-0.39, 0.29) is 5.41 Å². The van der Waals surface area contributed by atoms with Crippen molar-refractivity contribution in [2.45, 2.75) is 38.6 Å². The molecule has 1 rings (SSSR count). The first kappa shape index (κ1) is 14.2. The van der Waals surface area contributed by atoms with Crippen molar-refractivity contribution in [1.29, 1.82) is 0 Å². The van der Waals surface area contributed by atoms with Gasteiger partial charge in [-0.1, -0.05) is 44.2 Å². The third-order valence-corrected chi connectivity index (χ3v) is 3.17. The first-order chi connectivity index (χ1) is 8.06. The van der Waals surface area contributed by atoms with Crippen LogP contribution in [0.25, 0.3) is 0 Å². The lowest BCUT2D eigenvalue weighted by Crippen LogP contribution is -2.35. The molecule has 0 radical (unpaired) electrons. The zero-order valence-corrected chi connectivity index (χ0v) is 11.5. The Labute approximate surface area is 105 Å². The molecule has 0 saturated heterocycles. The lowest BCUT2D eigenvalue weighted by Gasteiger charge is -2.29. The zero-order chi connectivity index (χ0) is 12.7. The minimum atomic E-state index is 0.209. The fourth-order valence-electron chi connectivity index (χ4n) is 2.25. The van der Waals surface area contributed by atoms with E-state index in [1.54, 1.807) is 7.11 Å². The highest BCUT2D eigenvalue weighted by atomic mass is 16.5. The van der Waals surface area contributed by atoms with E-state index in [4.69, 9.17) is 4.74 Å². The van der Waals surface area contributed by atoms with E-state index in [0.717, 1.165) is 19.6 Å². The average Bonchev–Trinajstić information content (AvgIpc) is 2.30. The second-order valence-electron chi connectivity index (χ2n) is 5.30. The predicted molar refractivity (Wildman–Crippen MR) is 73.4 cm³/mol. The summed E-state index contributed by atoms with van der Waals surface area (Å²) in [5, 5.41) is 3.48. The van der Waals surface area contributed by atoms with Crippen LogP contribution in [0, 0.1) is 0 Å². The van der Waals surface area contributed by atoms with Gasteiger partial charge in [-0.05, 0) is 24.3 Å². The van der Waals surface area contributed by atoms with Gasteiger partial charge in [-0.2, -0.15) is 0 Å². The van der Waals surface area contributed by atoms with Gasteiger partial charge in [0.2, 0.25) is 0 Å². The molecule has 2 nitrogen and oxygen atoms in total. The smallest absolute Gasteiger partial charge is 0.0587 e. The van der Waals surface area contributed by atoms with Gasteiger partial charge in [0.15, 0.2) is 0 Å². The fraction of sp³-hybridized carbons (Fsp3) is 0.600. The Bertz CT molecular complexity index is 308. The molecule has 1 aromatic carbocycles. The number of hydrogen-bond acceptors (Lipinski definition) is 2. The lowest BCUT2D eigenvalue weighted by atomic mass is 9.79. The van der Waals surface area contributed by atoms with Crippen LogP contribution in [0.1, 0.15) is 32.8 Å². The molecule has 0 saturated carbocycles. The monoisotopic (exact) mass is 235 g/mol. The summed E-state index contributed by atoms with van der Waals surface area (Å²) in [7, 11) is 1.74. The van der Waals surface area contributed by atoms with Crippen LogP contribution in [0.15, 0.2) is 30.3 Å². The molecule has 0 aliphatic heterocycles. The number of nitrogens with one attached hydrogen (secondary N) is 1. The largest absolute Gasteiger partial charge is 0.383 e. The molecule has 0 aliphatic rings. The summed E-state index contributed by atoms with van der Waals surface area (Å²) >= 11 is 0. The molecule has 0 heterocycles. The van der Waals surface area contributed by atoms with Crippen LogP contribution in [0.5, 0.6) is 0 Å². The Morgan fingerprint density at radius 1 is 1.24 bits per heavy atom. The lowest BCUT2D eigenvalue weighted by molar-refractivity contribution is 0.194. The Morgan fingerprint density at radius 3 is 2.47 bits per heavy atom. The van der Waals surface area contributed by atoms with Crippen molar-refractivity contribution in [3.8, 4) is 0 Å². The van der Waals surface area contributed by atoms with E-state index >= 15 is 0 Å². The van der Waals surface area contributed by atoms with E-state index in [9.17, 15) is 0 Å². The van der Waals surface area contributed by atoms with Gasteiger partial charge in [-0.25, -0.2) is 0 Å². The normalized spacial score (nSPS) is 13.6. The summed E-state index contributed by atoms with van der Waals surface area (Å²) < 4.78 is 5.04. The third-order valence-electron chi connectivity index (χ3n) is 3.17. The van der Waals surface area contributed by atoms with Crippen molar-refractivity contribution in [3.05, 3.63) is 35.9 Å². The molecule has 1 atom stereocenters. The molecular weight excluding hydrogens is 210 g/mol. The second-order valence-corrected chi connectivity index (χ2v) is 5.30. The maximum absolute atomic E-state index is 5.04. The first-order valence-electron chi connectivity index (χ1n) is 6.34. The summed E-state index contributed by atoms with van der Waals surface area (Å²) in [6, 6.07) is 11.2. The molecule has 0 fully saturated rings. The van der Waals surface area contributed by atoms with Gasteiger partial charge in [0, 0.05) is 19.7 Å². The second kappa shape index (κ2) is 6.77. The first-order valence-corrected chi connectivity index (χ1v) is 6.34. The molecule has 17 heavy (non-hydrogen) atoms. The van der Waals surface area contributed by atoms with Crippen LogP contribution in [0.3, 0.4) is 0 Å². The van der Waals surface area contributed by atoms with Crippen LogP contribution in [-0.2, 0) is 10.2 Å². The Morgan fingerprint density at radius 2 is 1.88 bits per heavy atom. The van der Waals surface area contributed by atoms with Crippen LogP contribution in [-0.4, -0.2) is 26.3 Å². The van der Waals surface area contributed by atoms with Gasteiger partial charge in [-0.15, -0.1) is 0 Å². The van der Waals surface area contributed by atoms with Crippen molar-refractivity contribution in [3.63, 3.8) is 0 Å². The summed E-state index contributed by atoms with van der Waals surface area (Å²) in [6.07, 6.45) is 1.13. The summed E-state index contributed by atoms with van der Waals surface area (Å²) in [5.74, 6) is 0. The minimum absolute atomic E-state index is 0.209. The molecule has 0 aromatic heterocycles. The Kier molecular flexibility index (Phi) is 5.66. The average molecular weight is 235 g/mol. The van der Waals surface area contributed by atoms with E-state index in [2.05, 4.69) is 56.4 Å². The minimum Gasteiger partial charge on any atom is -0.383 e. The van der Waals surface area contributed by atoms with Crippen LogP contribution < -0.4 is 5.32 Å². The fourth-order valence-corrected chi connectivity index (χ4v) is 2.25. The van der Waals surface area contributed by atoms with Gasteiger partial charge in [0.1, 0.15) is 0 Å². The molecule has 0 spiro atoms. The Balaban J connectivity index is 2.49. The van der Waals surface area contributed by atoms with E-state index in [0.29, 0.717) is 6.04 Å². The maximum Gasteiger partial charge on any atom is 0.0587 e. The zero-order valence-electron chi connectivity index (χ0n) is 11.5. The number of methoxy groups -OCH3 is 1. The van der Waals surface area contributed by atoms with E-state index in [1.807, 2.05) is 0 Å². The maximum atomic E-state index is 5.04. The van der Waals surface area contributed by atoms with Crippen molar-refractivity contribution >= 4 is 0 Å². The van der Waals surface area contributed by atoms with E-state index < -0.39 is 0 Å². The molecule has 1 aromatic rings. The molecule has 0 aliphatic carbocycles. The summed E-state index contributed by atoms with van der Waals surface area (Å²) in [6.45, 7) is 8.53. The van der Waals surface area contributed by atoms with Gasteiger partial charge in [0.05, 0.1) is 6.61 Å². The number of rotatable bonds is 7. The Hall–Kier alpha value is -0.860. The molecule has 1 N–H and O–H groups in total. The molecule has 2 heteroatoms. The number of ether oxygens (including phenoxy) is 1. The van der Waals surface area contributed by atoms with Crippen molar-refractivity contribution in [1.82, 2.24) is 5.32 Å². The standard InChI is InChI=1S/C15H25NO/c1-13(16-10-11-17-4)12-15(2,3)14-8-6-5-7-9-14/h5-9,13,16H,10-12H2,1-4H3. The molecule has 0 bridgehead atoms. The number of hydrogen-bond donors (Lipinski definition) is 1. The van der Waals surface area contributed by atoms with Gasteiger partial charge < -0.3 is 10.1 Å². The third kappa shape index (κ3) is 4.88. The summed E-state index contributed by atoms with van der Waals surface area (Å²) in [5.41, 5.74) is 1.61. The highest BCUT2D eigenvalue weighted by Crippen LogP contribution is 2.27. The molecular formula is C15H25NO.